The summed E-state index contributed by atoms with van der Waals surface area (Å²) in [6.45, 7) is 4.74. The normalized spacial score (nSPS) is 12.4. The number of tetrazole rings is 1. The molecule has 0 spiro atoms. The number of hydrogen-bond donors (Lipinski definition) is 1. The van der Waals surface area contributed by atoms with E-state index in [1.165, 1.54) is 0 Å². The molecule has 1 N–H and O–H groups in total. The van der Waals surface area contributed by atoms with Gasteiger partial charge < -0.3 is 0 Å². The van der Waals surface area contributed by atoms with Crippen molar-refractivity contribution in [1.82, 2.24) is 35.3 Å². The van der Waals surface area contributed by atoms with Gasteiger partial charge in [-0.1, -0.05) is 48.5 Å². The number of para-hydroxylation sites is 1. The van der Waals surface area contributed by atoms with Gasteiger partial charge in [0, 0.05) is 12.2 Å². The zero-order valence-corrected chi connectivity index (χ0v) is 16.2. The van der Waals surface area contributed by atoms with Gasteiger partial charge in [-0.2, -0.15) is 9.78 Å². The number of aryl methyl sites for hydroxylation is 2. The molecule has 4 aromatic rings. The van der Waals surface area contributed by atoms with Crippen LogP contribution in [0.25, 0.3) is 5.69 Å². The highest BCUT2D eigenvalue weighted by atomic mass is 15.6. The Morgan fingerprint density at radius 1 is 1.04 bits per heavy atom. The van der Waals surface area contributed by atoms with E-state index in [2.05, 4.69) is 68.9 Å². The van der Waals surface area contributed by atoms with Crippen LogP contribution in [0.2, 0.25) is 0 Å². The fraction of sp³-hybridized carbons (Fsp3) is 0.238. The third-order valence-electron chi connectivity index (χ3n) is 4.81. The summed E-state index contributed by atoms with van der Waals surface area (Å²) in [6, 6.07) is 20.4. The van der Waals surface area contributed by atoms with E-state index in [9.17, 15) is 0 Å². The second-order valence-electron chi connectivity index (χ2n) is 7.01. The van der Waals surface area contributed by atoms with E-state index in [1.807, 2.05) is 48.0 Å². The van der Waals surface area contributed by atoms with Crippen molar-refractivity contribution in [3.63, 3.8) is 0 Å². The first kappa shape index (κ1) is 18.1. The lowest BCUT2D eigenvalue weighted by Crippen LogP contribution is -2.28. The van der Waals surface area contributed by atoms with E-state index in [0.29, 0.717) is 6.54 Å². The van der Waals surface area contributed by atoms with Gasteiger partial charge in [0.25, 0.3) is 0 Å². The summed E-state index contributed by atoms with van der Waals surface area (Å²) >= 11 is 0. The number of rotatable bonds is 6. The molecular weight excluding hydrogens is 350 g/mol. The van der Waals surface area contributed by atoms with Crippen LogP contribution in [0, 0.1) is 13.8 Å². The second-order valence-corrected chi connectivity index (χ2v) is 7.01. The molecule has 1 atom stereocenters. The molecule has 7 nitrogen and oxygen atoms in total. The Bertz CT molecular complexity index is 1050. The van der Waals surface area contributed by atoms with Crippen LogP contribution in [0.3, 0.4) is 0 Å². The van der Waals surface area contributed by atoms with Crippen molar-refractivity contribution in [3.8, 4) is 5.69 Å². The first-order valence-electron chi connectivity index (χ1n) is 9.24. The molecule has 0 radical (unpaired) electrons. The molecule has 0 unspecified atom stereocenters. The maximum atomic E-state index is 4.41. The van der Waals surface area contributed by atoms with Crippen molar-refractivity contribution in [1.29, 1.82) is 0 Å². The molecule has 0 aliphatic rings. The fourth-order valence-corrected chi connectivity index (χ4v) is 3.48. The molecule has 2 aromatic heterocycles. The Kier molecular flexibility index (Phi) is 4.99. The quantitative estimate of drug-likeness (QED) is 0.562. The zero-order chi connectivity index (χ0) is 19.5. The summed E-state index contributed by atoms with van der Waals surface area (Å²) in [7, 11) is 2.07. The first-order valence-corrected chi connectivity index (χ1v) is 9.24. The third-order valence-corrected chi connectivity index (χ3v) is 4.81. The van der Waals surface area contributed by atoms with Gasteiger partial charge in [0.1, 0.15) is 0 Å². The molecule has 28 heavy (non-hydrogen) atoms. The lowest BCUT2D eigenvalue weighted by atomic mass is 10.0. The molecule has 0 aliphatic carbocycles. The minimum Gasteiger partial charge on any atom is -0.287 e. The summed E-state index contributed by atoms with van der Waals surface area (Å²) in [5.41, 5.74) is 5.25. The Morgan fingerprint density at radius 3 is 2.50 bits per heavy atom. The molecule has 0 saturated carbocycles. The number of benzene rings is 2. The standard InChI is InChI=1S/C21H23N7/c1-15-9-7-8-12-19(15)28-21(24-25-26-28)20(17-10-5-4-6-11-17)27(3)14-18-13-16(2)22-23-18/h4-13,20H,14H2,1-3H3,(H,22,23)/t20-/m1/s1. The molecule has 0 fully saturated rings. The van der Waals surface area contributed by atoms with E-state index in [0.717, 1.165) is 34.0 Å². The highest BCUT2D eigenvalue weighted by Gasteiger charge is 2.27. The van der Waals surface area contributed by atoms with Crippen molar-refractivity contribution in [2.75, 3.05) is 7.05 Å². The van der Waals surface area contributed by atoms with E-state index < -0.39 is 0 Å². The number of hydrogen-bond acceptors (Lipinski definition) is 5. The van der Waals surface area contributed by atoms with Gasteiger partial charge in [0.2, 0.25) is 0 Å². The molecule has 4 rings (SSSR count). The predicted molar refractivity (Wildman–Crippen MR) is 107 cm³/mol. The van der Waals surface area contributed by atoms with Gasteiger partial charge in [0.05, 0.1) is 17.4 Å². The third kappa shape index (κ3) is 3.57. The highest BCUT2D eigenvalue weighted by molar-refractivity contribution is 5.40. The summed E-state index contributed by atoms with van der Waals surface area (Å²) in [6.07, 6.45) is 0. The molecule has 0 aliphatic heterocycles. The Balaban J connectivity index is 1.77. The molecule has 0 saturated heterocycles. The highest BCUT2D eigenvalue weighted by Crippen LogP contribution is 2.29. The number of nitrogens with one attached hydrogen (secondary N) is 1. The summed E-state index contributed by atoms with van der Waals surface area (Å²) in [5, 5.41) is 20.1. The largest absolute Gasteiger partial charge is 0.287 e. The van der Waals surface area contributed by atoms with E-state index in [1.54, 1.807) is 0 Å². The predicted octanol–water partition coefficient (Wildman–Crippen LogP) is 3.22. The van der Waals surface area contributed by atoms with Gasteiger partial charge in [-0.05, 0) is 54.6 Å². The van der Waals surface area contributed by atoms with Gasteiger partial charge in [-0.15, -0.1) is 5.10 Å². The Labute approximate surface area is 164 Å². The molecule has 0 amide bonds. The van der Waals surface area contributed by atoms with Crippen LogP contribution in [0.1, 0.15) is 34.4 Å². The maximum Gasteiger partial charge on any atom is 0.178 e. The summed E-state index contributed by atoms with van der Waals surface area (Å²) in [5.74, 6) is 0.773. The Hall–Kier alpha value is -3.32. The lowest BCUT2D eigenvalue weighted by Gasteiger charge is -2.27. The SMILES string of the molecule is Cc1cc(CN(C)[C@H](c2ccccc2)c2nnnn2-c2ccccc2C)n[nH]1. The topological polar surface area (TPSA) is 75.5 Å². The fourth-order valence-electron chi connectivity index (χ4n) is 3.48. The molecule has 142 valence electrons. The maximum absolute atomic E-state index is 4.41. The van der Waals surface area contributed by atoms with Crippen molar-refractivity contribution in [2.24, 2.45) is 0 Å². The first-order chi connectivity index (χ1) is 13.6. The average Bonchev–Trinajstić information content (AvgIpc) is 3.32. The van der Waals surface area contributed by atoms with Gasteiger partial charge in [0.15, 0.2) is 5.82 Å². The molecule has 7 heteroatoms. The summed E-state index contributed by atoms with van der Waals surface area (Å²) in [4.78, 5) is 2.21. The smallest absolute Gasteiger partial charge is 0.178 e. The van der Waals surface area contributed by atoms with E-state index in [-0.39, 0.29) is 6.04 Å². The van der Waals surface area contributed by atoms with Gasteiger partial charge in [-0.3, -0.25) is 10.00 Å². The van der Waals surface area contributed by atoms with Crippen molar-refractivity contribution >= 4 is 0 Å². The van der Waals surface area contributed by atoms with Crippen LogP contribution >= 0.6 is 0 Å². The minimum absolute atomic E-state index is 0.118. The molecule has 2 aromatic carbocycles. The number of nitrogens with zero attached hydrogens (tertiary/aromatic N) is 6. The number of H-pyrrole nitrogens is 1. The lowest BCUT2D eigenvalue weighted by molar-refractivity contribution is 0.255. The van der Waals surface area contributed by atoms with Crippen LogP contribution in [0.5, 0.6) is 0 Å². The molecular formula is C21H23N7. The van der Waals surface area contributed by atoms with Crippen LogP contribution < -0.4 is 0 Å². The summed E-state index contributed by atoms with van der Waals surface area (Å²) < 4.78 is 1.83. The minimum atomic E-state index is -0.118. The van der Waals surface area contributed by atoms with Crippen molar-refractivity contribution < 1.29 is 0 Å². The Morgan fingerprint density at radius 2 is 1.79 bits per heavy atom. The van der Waals surface area contributed by atoms with Crippen LogP contribution in [-0.4, -0.2) is 42.4 Å². The number of aromatic nitrogens is 6. The van der Waals surface area contributed by atoms with Gasteiger partial charge >= 0.3 is 0 Å². The monoisotopic (exact) mass is 373 g/mol. The molecule has 2 heterocycles. The van der Waals surface area contributed by atoms with E-state index >= 15 is 0 Å². The van der Waals surface area contributed by atoms with Crippen molar-refractivity contribution in [2.45, 2.75) is 26.4 Å². The average molecular weight is 373 g/mol. The second kappa shape index (κ2) is 7.74. The van der Waals surface area contributed by atoms with Gasteiger partial charge in [-0.25, -0.2) is 0 Å². The van der Waals surface area contributed by atoms with Crippen LogP contribution in [-0.2, 0) is 6.54 Å². The number of aromatic amines is 1. The van der Waals surface area contributed by atoms with Crippen LogP contribution in [0.15, 0.2) is 60.7 Å². The van der Waals surface area contributed by atoms with Crippen molar-refractivity contribution in [3.05, 3.63) is 89.0 Å². The zero-order valence-electron chi connectivity index (χ0n) is 16.2. The van der Waals surface area contributed by atoms with E-state index in [4.69, 9.17) is 0 Å². The van der Waals surface area contributed by atoms with Crippen LogP contribution in [0.4, 0.5) is 0 Å². The molecule has 0 bridgehead atoms.